The van der Waals surface area contributed by atoms with Gasteiger partial charge in [0.05, 0.1) is 7.11 Å². The van der Waals surface area contributed by atoms with Crippen molar-refractivity contribution in [1.29, 1.82) is 0 Å². The SMILES string of the molecule is COc1ncnc(NCCc2ccc(F)cc2)c1N. The van der Waals surface area contributed by atoms with Gasteiger partial charge in [-0.3, -0.25) is 0 Å². The molecule has 0 atom stereocenters. The van der Waals surface area contributed by atoms with Crippen LogP contribution in [0.5, 0.6) is 5.88 Å². The van der Waals surface area contributed by atoms with Crippen LogP contribution < -0.4 is 15.8 Å². The number of aromatic nitrogens is 2. The molecule has 0 spiro atoms. The molecule has 0 saturated carbocycles. The molecule has 0 aliphatic carbocycles. The van der Waals surface area contributed by atoms with E-state index in [2.05, 4.69) is 15.3 Å². The van der Waals surface area contributed by atoms with E-state index in [1.807, 2.05) is 0 Å². The summed E-state index contributed by atoms with van der Waals surface area (Å²) in [6.45, 7) is 0.635. The Hall–Kier alpha value is -2.37. The van der Waals surface area contributed by atoms with Crippen LogP contribution in [0.3, 0.4) is 0 Å². The number of nitrogens with two attached hydrogens (primary N) is 1. The Balaban J connectivity index is 1.94. The fourth-order valence-electron chi connectivity index (χ4n) is 1.66. The van der Waals surface area contributed by atoms with E-state index in [4.69, 9.17) is 10.5 Å². The summed E-state index contributed by atoms with van der Waals surface area (Å²) in [5.41, 5.74) is 7.25. The van der Waals surface area contributed by atoms with Crippen LogP contribution in [-0.4, -0.2) is 23.6 Å². The first-order valence-electron chi connectivity index (χ1n) is 5.83. The van der Waals surface area contributed by atoms with Gasteiger partial charge in [0.25, 0.3) is 0 Å². The van der Waals surface area contributed by atoms with Gasteiger partial charge in [-0.1, -0.05) is 12.1 Å². The maximum Gasteiger partial charge on any atom is 0.242 e. The molecule has 6 heteroatoms. The van der Waals surface area contributed by atoms with E-state index < -0.39 is 0 Å². The molecular formula is C13H15FN4O. The Morgan fingerprint density at radius 1 is 1.26 bits per heavy atom. The monoisotopic (exact) mass is 262 g/mol. The molecule has 0 saturated heterocycles. The predicted molar refractivity (Wildman–Crippen MR) is 71.6 cm³/mol. The quantitative estimate of drug-likeness (QED) is 0.860. The number of nitrogen functional groups attached to an aromatic ring is 1. The van der Waals surface area contributed by atoms with E-state index in [1.54, 1.807) is 12.1 Å². The predicted octanol–water partition coefficient (Wildman–Crippen LogP) is 1.86. The minimum Gasteiger partial charge on any atom is -0.479 e. The number of anilines is 2. The lowest BCUT2D eigenvalue weighted by molar-refractivity contribution is 0.399. The Labute approximate surface area is 110 Å². The smallest absolute Gasteiger partial charge is 0.242 e. The van der Waals surface area contributed by atoms with Crippen LogP contribution >= 0.6 is 0 Å². The fourth-order valence-corrected chi connectivity index (χ4v) is 1.66. The van der Waals surface area contributed by atoms with E-state index >= 15 is 0 Å². The minimum atomic E-state index is -0.235. The first kappa shape index (κ1) is 13.1. The van der Waals surface area contributed by atoms with Gasteiger partial charge in [-0.2, -0.15) is 4.98 Å². The van der Waals surface area contributed by atoms with Gasteiger partial charge in [-0.05, 0) is 24.1 Å². The molecule has 1 heterocycles. The number of hydrogen-bond donors (Lipinski definition) is 2. The molecule has 1 aromatic carbocycles. The summed E-state index contributed by atoms with van der Waals surface area (Å²) in [5.74, 6) is 0.648. The summed E-state index contributed by atoms with van der Waals surface area (Å²) >= 11 is 0. The highest BCUT2D eigenvalue weighted by molar-refractivity contribution is 5.66. The zero-order valence-electron chi connectivity index (χ0n) is 10.6. The largest absolute Gasteiger partial charge is 0.479 e. The van der Waals surface area contributed by atoms with Crippen molar-refractivity contribution >= 4 is 11.5 Å². The molecule has 5 nitrogen and oxygen atoms in total. The first-order valence-corrected chi connectivity index (χ1v) is 5.83. The molecule has 0 aliphatic heterocycles. The van der Waals surface area contributed by atoms with E-state index in [0.717, 1.165) is 12.0 Å². The Morgan fingerprint density at radius 3 is 2.68 bits per heavy atom. The molecule has 19 heavy (non-hydrogen) atoms. The van der Waals surface area contributed by atoms with E-state index in [0.29, 0.717) is 23.9 Å². The number of benzene rings is 1. The number of ether oxygens (including phenoxy) is 1. The summed E-state index contributed by atoms with van der Waals surface area (Å²) in [6, 6.07) is 6.39. The molecule has 0 fully saturated rings. The van der Waals surface area contributed by atoms with E-state index in [1.165, 1.54) is 25.6 Å². The highest BCUT2D eigenvalue weighted by Gasteiger charge is 2.07. The lowest BCUT2D eigenvalue weighted by Gasteiger charge is -2.10. The summed E-state index contributed by atoms with van der Waals surface area (Å²) in [7, 11) is 1.50. The zero-order chi connectivity index (χ0) is 13.7. The van der Waals surface area contributed by atoms with Crippen LogP contribution in [0.4, 0.5) is 15.9 Å². The van der Waals surface area contributed by atoms with Crippen LogP contribution in [0.1, 0.15) is 5.56 Å². The van der Waals surface area contributed by atoms with Crippen LogP contribution in [0.25, 0.3) is 0 Å². The van der Waals surface area contributed by atoms with Crippen LogP contribution in [0.2, 0.25) is 0 Å². The third kappa shape index (κ3) is 3.31. The summed E-state index contributed by atoms with van der Waals surface area (Å²) in [4.78, 5) is 7.94. The Bertz CT molecular complexity index is 545. The lowest BCUT2D eigenvalue weighted by atomic mass is 10.1. The van der Waals surface area contributed by atoms with Gasteiger partial charge >= 0.3 is 0 Å². The Morgan fingerprint density at radius 2 is 2.00 bits per heavy atom. The van der Waals surface area contributed by atoms with E-state index in [-0.39, 0.29) is 5.82 Å². The highest BCUT2D eigenvalue weighted by Crippen LogP contribution is 2.23. The molecule has 0 radical (unpaired) electrons. The van der Waals surface area contributed by atoms with Gasteiger partial charge in [0.15, 0.2) is 5.82 Å². The second-order valence-corrected chi connectivity index (χ2v) is 3.95. The minimum absolute atomic E-state index is 0.235. The van der Waals surface area contributed by atoms with Crippen molar-refractivity contribution in [3.05, 3.63) is 42.0 Å². The number of nitrogens with zero attached hydrogens (tertiary/aromatic N) is 2. The molecular weight excluding hydrogens is 247 g/mol. The number of rotatable bonds is 5. The molecule has 2 rings (SSSR count). The zero-order valence-corrected chi connectivity index (χ0v) is 10.6. The first-order chi connectivity index (χ1) is 9.20. The fraction of sp³-hybridized carbons (Fsp3) is 0.231. The highest BCUT2D eigenvalue weighted by atomic mass is 19.1. The van der Waals surface area contributed by atoms with Crippen molar-refractivity contribution in [2.45, 2.75) is 6.42 Å². The summed E-state index contributed by atoms with van der Waals surface area (Å²) in [6.07, 6.45) is 2.13. The van der Waals surface area contributed by atoms with Crippen LogP contribution in [0, 0.1) is 5.82 Å². The third-order valence-corrected chi connectivity index (χ3v) is 2.66. The van der Waals surface area contributed by atoms with Crippen molar-refractivity contribution in [2.24, 2.45) is 0 Å². The number of nitrogens with one attached hydrogen (secondary N) is 1. The second kappa shape index (κ2) is 5.99. The molecule has 0 unspecified atom stereocenters. The van der Waals surface area contributed by atoms with Gasteiger partial charge < -0.3 is 15.8 Å². The molecule has 2 aromatic rings. The maximum atomic E-state index is 12.7. The van der Waals surface area contributed by atoms with Gasteiger partial charge in [0, 0.05) is 6.54 Å². The molecule has 0 amide bonds. The average molecular weight is 262 g/mol. The van der Waals surface area contributed by atoms with Gasteiger partial charge in [0.2, 0.25) is 5.88 Å². The number of halogens is 1. The van der Waals surface area contributed by atoms with Gasteiger partial charge in [-0.25, -0.2) is 9.37 Å². The van der Waals surface area contributed by atoms with Gasteiger partial charge in [-0.15, -0.1) is 0 Å². The number of hydrogen-bond acceptors (Lipinski definition) is 5. The second-order valence-electron chi connectivity index (χ2n) is 3.95. The van der Waals surface area contributed by atoms with Crippen molar-refractivity contribution in [3.63, 3.8) is 0 Å². The van der Waals surface area contributed by atoms with Crippen molar-refractivity contribution in [2.75, 3.05) is 24.7 Å². The summed E-state index contributed by atoms with van der Waals surface area (Å²) < 4.78 is 17.8. The topological polar surface area (TPSA) is 73.1 Å². The van der Waals surface area contributed by atoms with Crippen molar-refractivity contribution in [3.8, 4) is 5.88 Å². The average Bonchev–Trinajstić information content (AvgIpc) is 2.43. The molecule has 1 aromatic heterocycles. The van der Waals surface area contributed by atoms with Gasteiger partial charge in [0.1, 0.15) is 17.8 Å². The normalized spacial score (nSPS) is 10.2. The number of methoxy groups -OCH3 is 1. The van der Waals surface area contributed by atoms with E-state index in [9.17, 15) is 4.39 Å². The molecule has 100 valence electrons. The van der Waals surface area contributed by atoms with Crippen LogP contribution in [0.15, 0.2) is 30.6 Å². The van der Waals surface area contributed by atoms with Crippen LogP contribution in [-0.2, 0) is 6.42 Å². The lowest BCUT2D eigenvalue weighted by Crippen LogP contribution is -2.10. The third-order valence-electron chi connectivity index (χ3n) is 2.66. The standard InChI is InChI=1S/C13H15FN4O/c1-19-13-11(15)12(17-8-18-13)16-7-6-9-2-4-10(14)5-3-9/h2-5,8H,6-7,15H2,1H3,(H,16,17,18). The molecule has 0 bridgehead atoms. The summed E-state index contributed by atoms with van der Waals surface area (Å²) in [5, 5.41) is 3.10. The molecule has 0 aliphatic rings. The van der Waals surface area contributed by atoms with Crippen molar-refractivity contribution in [1.82, 2.24) is 9.97 Å². The molecule has 3 N–H and O–H groups in total. The Kier molecular flexibility index (Phi) is 4.12. The maximum absolute atomic E-state index is 12.7. The van der Waals surface area contributed by atoms with Crippen molar-refractivity contribution < 1.29 is 9.13 Å².